The van der Waals surface area contributed by atoms with Crippen LogP contribution in [0.5, 0.6) is 0 Å². The van der Waals surface area contributed by atoms with Gasteiger partial charge in [-0.25, -0.2) is 0 Å². The second kappa shape index (κ2) is 13.6. The summed E-state index contributed by atoms with van der Waals surface area (Å²) in [5.41, 5.74) is 10.7. The molecule has 2 nitrogen and oxygen atoms in total. The molecule has 4 heterocycles. The predicted octanol–water partition coefficient (Wildman–Crippen LogP) is 19.8. The van der Waals surface area contributed by atoms with Crippen molar-refractivity contribution in [3.8, 4) is 33.4 Å². The number of benzene rings is 12. The monoisotopic (exact) mass is 898 g/mol. The minimum absolute atomic E-state index is 0.887. The highest BCUT2D eigenvalue weighted by Gasteiger charge is 2.23. The lowest BCUT2D eigenvalue weighted by molar-refractivity contribution is 0.669. The van der Waals surface area contributed by atoms with Gasteiger partial charge in [-0.1, -0.05) is 115 Å². The van der Waals surface area contributed by atoms with E-state index in [1.54, 1.807) is 0 Å². The van der Waals surface area contributed by atoms with E-state index in [9.17, 15) is 0 Å². The summed E-state index contributed by atoms with van der Waals surface area (Å²) in [5, 5.41) is 19.2. The summed E-state index contributed by atoms with van der Waals surface area (Å²) in [5.74, 6) is 0. The lowest BCUT2D eigenvalue weighted by Crippen LogP contribution is -1.92. The summed E-state index contributed by atoms with van der Waals surface area (Å²) in [6, 6.07) is 76.4. The molecular weight excluding hydrogens is 865 g/mol. The van der Waals surface area contributed by atoms with Crippen molar-refractivity contribution in [1.29, 1.82) is 0 Å². The first kappa shape index (κ1) is 36.9. The molecule has 0 amide bonds. The van der Waals surface area contributed by atoms with Gasteiger partial charge in [0.25, 0.3) is 0 Å². The Bertz CT molecular complexity index is 4560. The molecule has 16 rings (SSSR count). The summed E-state index contributed by atoms with van der Waals surface area (Å²) in [6.45, 7) is 0. The minimum atomic E-state index is 0.887. The Morgan fingerprint density at radius 1 is 0.221 bits per heavy atom. The zero-order chi connectivity index (χ0) is 44.2. The van der Waals surface area contributed by atoms with Gasteiger partial charge >= 0.3 is 0 Å². The zero-order valence-corrected chi connectivity index (χ0v) is 37.9. The third-order valence-corrected chi connectivity index (χ3v) is 16.9. The second-order valence-corrected chi connectivity index (χ2v) is 20.4. The van der Waals surface area contributed by atoms with E-state index in [4.69, 9.17) is 8.83 Å². The number of fused-ring (bicyclic) bond motifs is 18. The van der Waals surface area contributed by atoms with Crippen LogP contribution in [0.2, 0.25) is 0 Å². The Morgan fingerprint density at radius 3 is 1.15 bits per heavy atom. The van der Waals surface area contributed by atoms with Gasteiger partial charge in [-0.05, 0) is 167 Å². The van der Waals surface area contributed by atoms with Crippen LogP contribution in [0.4, 0.5) is 0 Å². The molecule has 0 aliphatic rings. The van der Waals surface area contributed by atoms with Crippen LogP contribution in [0.25, 0.3) is 161 Å². The fourth-order valence-electron chi connectivity index (χ4n) is 11.5. The van der Waals surface area contributed by atoms with Gasteiger partial charge in [-0.2, -0.15) is 0 Å². The van der Waals surface area contributed by atoms with Crippen LogP contribution in [0, 0.1) is 0 Å². The van der Waals surface area contributed by atoms with Gasteiger partial charge in [-0.3, -0.25) is 0 Å². The SMILES string of the molecule is c1ccc(-c2c3cc(-c4ccc5sc6ccccc6c5c4)c4cc5c(cc4c3cc3c2cc(-c2ccc4sc6ccccc6c4c2)c2cc4c(cc23)oc2ccccc24)oc2ccccc25)cc1. The summed E-state index contributed by atoms with van der Waals surface area (Å²) in [7, 11) is 0. The molecule has 0 spiro atoms. The Kier molecular flexibility index (Phi) is 7.40. The van der Waals surface area contributed by atoms with Crippen molar-refractivity contribution in [2.24, 2.45) is 0 Å². The van der Waals surface area contributed by atoms with Crippen molar-refractivity contribution >= 4 is 150 Å². The first-order valence-corrected chi connectivity index (χ1v) is 24.8. The van der Waals surface area contributed by atoms with Gasteiger partial charge < -0.3 is 8.83 Å². The quantitative estimate of drug-likeness (QED) is 0.130. The van der Waals surface area contributed by atoms with E-state index in [1.165, 1.54) is 106 Å². The van der Waals surface area contributed by atoms with Crippen LogP contribution in [0.3, 0.4) is 0 Å². The van der Waals surface area contributed by atoms with E-state index in [-0.39, 0.29) is 0 Å². The van der Waals surface area contributed by atoms with Gasteiger partial charge in [0.1, 0.15) is 22.3 Å². The summed E-state index contributed by atoms with van der Waals surface area (Å²) >= 11 is 3.72. The molecule has 16 aromatic rings. The Labute approximate surface area is 396 Å². The standard InChI is InChI=1S/C64H34O2S2/c1-2-12-35(13-3-1)64-54-28-42(36-22-24-62-52(26-36)40-16-6-10-20-60(40)67-62)44-31-50-38-14-4-8-18-56(38)65-58(50)33-48(44)46(54)30-47-49-34-59-51(39-15-5-9-19-57(39)66-59)32-45(49)43(29-55(47)64)37-23-25-63-53(27-37)41-17-7-11-21-61(41)68-63/h1-34H. The van der Waals surface area contributed by atoms with E-state index in [0.717, 1.165) is 54.6 Å². The maximum absolute atomic E-state index is 6.71. The highest BCUT2D eigenvalue weighted by Crippen LogP contribution is 2.50. The maximum Gasteiger partial charge on any atom is 0.136 e. The fraction of sp³-hybridized carbons (Fsp3) is 0. The van der Waals surface area contributed by atoms with E-state index in [0.29, 0.717) is 0 Å². The average Bonchev–Trinajstić information content (AvgIpc) is 4.16. The van der Waals surface area contributed by atoms with Crippen molar-refractivity contribution in [1.82, 2.24) is 0 Å². The highest BCUT2D eigenvalue weighted by molar-refractivity contribution is 7.26. The first-order valence-electron chi connectivity index (χ1n) is 23.1. The molecule has 0 aliphatic heterocycles. The lowest BCUT2D eigenvalue weighted by atomic mass is 9.83. The molecule has 68 heavy (non-hydrogen) atoms. The number of thiophene rings is 2. The minimum Gasteiger partial charge on any atom is -0.456 e. The molecule has 0 fully saturated rings. The van der Waals surface area contributed by atoms with Crippen molar-refractivity contribution in [3.63, 3.8) is 0 Å². The van der Waals surface area contributed by atoms with E-state index in [2.05, 4.69) is 206 Å². The molecule has 0 bridgehead atoms. The molecule has 4 aromatic heterocycles. The largest absolute Gasteiger partial charge is 0.456 e. The number of hydrogen-bond acceptors (Lipinski definition) is 4. The van der Waals surface area contributed by atoms with Gasteiger partial charge in [0.15, 0.2) is 0 Å². The molecular formula is C64H34O2S2. The predicted molar refractivity (Wildman–Crippen MR) is 293 cm³/mol. The first-order chi connectivity index (χ1) is 33.7. The van der Waals surface area contributed by atoms with Gasteiger partial charge in [0, 0.05) is 61.9 Å². The number of hydrogen-bond donors (Lipinski definition) is 0. The highest BCUT2D eigenvalue weighted by atomic mass is 32.1. The smallest absolute Gasteiger partial charge is 0.136 e. The second-order valence-electron chi connectivity index (χ2n) is 18.3. The van der Waals surface area contributed by atoms with Gasteiger partial charge in [0.2, 0.25) is 0 Å². The van der Waals surface area contributed by atoms with Gasteiger partial charge in [0.05, 0.1) is 0 Å². The number of furan rings is 2. The van der Waals surface area contributed by atoms with Crippen LogP contribution < -0.4 is 0 Å². The third kappa shape index (κ3) is 5.16. The molecule has 4 heteroatoms. The number of rotatable bonds is 3. The molecule has 0 saturated heterocycles. The van der Waals surface area contributed by atoms with Crippen molar-refractivity contribution in [2.45, 2.75) is 0 Å². The average molecular weight is 899 g/mol. The third-order valence-electron chi connectivity index (χ3n) is 14.6. The van der Waals surface area contributed by atoms with Crippen LogP contribution in [-0.4, -0.2) is 0 Å². The molecule has 0 saturated carbocycles. The molecule has 0 N–H and O–H groups in total. The zero-order valence-electron chi connectivity index (χ0n) is 36.3. The molecule has 0 atom stereocenters. The topological polar surface area (TPSA) is 26.3 Å². The van der Waals surface area contributed by atoms with Crippen LogP contribution in [-0.2, 0) is 0 Å². The maximum atomic E-state index is 6.71. The molecule has 0 aliphatic carbocycles. The molecule has 12 aromatic carbocycles. The van der Waals surface area contributed by atoms with Crippen molar-refractivity contribution in [3.05, 3.63) is 206 Å². The Morgan fingerprint density at radius 2 is 0.632 bits per heavy atom. The van der Waals surface area contributed by atoms with Crippen LogP contribution in [0.1, 0.15) is 0 Å². The molecule has 0 unspecified atom stereocenters. The van der Waals surface area contributed by atoms with E-state index < -0.39 is 0 Å². The summed E-state index contributed by atoms with van der Waals surface area (Å²) in [4.78, 5) is 0. The van der Waals surface area contributed by atoms with Crippen molar-refractivity contribution in [2.75, 3.05) is 0 Å². The molecule has 314 valence electrons. The van der Waals surface area contributed by atoms with E-state index in [1.807, 2.05) is 22.7 Å². The van der Waals surface area contributed by atoms with Crippen LogP contribution >= 0.6 is 22.7 Å². The van der Waals surface area contributed by atoms with Gasteiger partial charge in [-0.15, -0.1) is 22.7 Å². The fourth-order valence-corrected chi connectivity index (χ4v) is 13.7. The van der Waals surface area contributed by atoms with Crippen molar-refractivity contribution < 1.29 is 8.83 Å². The normalized spacial score (nSPS) is 12.4. The lowest BCUT2D eigenvalue weighted by Gasteiger charge is -2.20. The molecule has 0 radical (unpaired) electrons. The summed E-state index contributed by atoms with van der Waals surface area (Å²) < 4.78 is 18.6. The van der Waals surface area contributed by atoms with E-state index >= 15 is 0 Å². The summed E-state index contributed by atoms with van der Waals surface area (Å²) in [6.07, 6.45) is 0. The number of para-hydroxylation sites is 2. The van der Waals surface area contributed by atoms with Crippen LogP contribution in [0.15, 0.2) is 215 Å². The Balaban J connectivity index is 1.10. The Hall–Kier alpha value is -8.28.